The zero-order valence-electron chi connectivity index (χ0n) is 14.6. The van der Waals surface area contributed by atoms with Crippen molar-refractivity contribution in [2.24, 2.45) is 0 Å². The van der Waals surface area contributed by atoms with Crippen LogP contribution in [0.15, 0.2) is 58.2 Å². The van der Waals surface area contributed by atoms with Crippen LogP contribution in [0.5, 0.6) is 5.75 Å². The van der Waals surface area contributed by atoms with Gasteiger partial charge in [-0.2, -0.15) is 0 Å². The largest absolute Gasteiger partial charge is 0.492 e. The third-order valence-corrected chi connectivity index (χ3v) is 4.17. The number of amides is 1. The lowest BCUT2D eigenvalue weighted by molar-refractivity contribution is 0.0947. The molecule has 0 radical (unpaired) electrons. The number of hydrogen-bond donors (Lipinski definition) is 1. The summed E-state index contributed by atoms with van der Waals surface area (Å²) in [6, 6.07) is 14.8. The van der Waals surface area contributed by atoms with E-state index in [4.69, 9.17) is 9.15 Å². The predicted octanol–water partition coefficient (Wildman–Crippen LogP) is 3.58. The van der Waals surface area contributed by atoms with E-state index in [1.165, 1.54) is 11.8 Å². The summed E-state index contributed by atoms with van der Waals surface area (Å²) in [5, 5.41) is 11.3. The molecule has 134 valence electrons. The maximum atomic E-state index is 12.0. The van der Waals surface area contributed by atoms with E-state index in [1.807, 2.05) is 61.7 Å². The maximum absolute atomic E-state index is 12.0. The summed E-state index contributed by atoms with van der Waals surface area (Å²) >= 11 is 1.40. The summed E-state index contributed by atoms with van der Waals surface area (Å²) in [7, 11) is 0. The summed E-state index contributed by atoms with van der Waals surface area (Å²) < 4.78 is 11.1. The van der Waals surface area contributed by atoms with Crippen LogP contribution in [0.3, 0.4) is 0 Å². The Balaban J connectivity index is 1.46. The average Bonchev–Trinajstić information content (AvgIpc) is 3.15. The van der Waals surface area contributed by atoms with Gasteiger partial charge in [0.1, 0.15) is 12.4 Å². The molecule has 1 heterocycles. The number of benzene rings is 2. The van der Waals surface area contributed by atoms with Gasteiger partial charge < -0.3 is 14.5 Å². The fourth-order valence-electron chi connectivity index (χ4n) is 2.24. The Kier molecular flexibility index (Phi) is 5.91. The fraction of sp³-hybridized carbons (Fsp3) is 0.211. The zero-order chi connectivity index (χ0) is 18.4. The lowest BCUT2D eigenvalue weighted by Gasteiger charge is -2.08. The number of aromatic nitrogens is 2. The zero-order valence-corrected chi connectivity index (χ0v) is 15.4. The first-order valence-electron chi connectivity index (χ1n) is 8.11. The van der Waals surface area contributed by atoms with E-state index in [9.17, 15) is 4.79 Å². The number of hydrogen-bond acceptors (Lipinski definition) is 6. The summed E-state index contributed by atoms with van der Waals surface area (Å²) in [5.74, 6) is 1.08. The molecule has 6 nitrogen and oxygen atoms in total. The van der Waals surface area contributed by atoms with Crippen molar-refractivity contribution in [1.29, 1.82) is 0 Å². The lowest BCUT2D eigenvalue weighted by Crippen LogP contribution is -2.28. The van der Waals surface area contributed by atoms with Crippen LogP contribution >= 0.6 is 11.8 Å². The number of ether oxygens (including phenoxy) is 1. The van der Waals surface area contributed by atoms with Crippen molar-refractivity contribution in [3.63, 3.8) is 0 Å². The van der Waals surface area contributed by atoms with Crippen molar-refractivity contribution in [2.45, 2.75) is 12.1 Å². The normalized spacial score (nSPS) is 10.5. The number of thioether (sulfide) groups is 1. The molecule has 1 N–H and O–H groups in total. The number of rotatable bonds is 7. The second-order valence-corrected chi connectivity index (χ2v) is 6.33. The lowest BCUT2D eigenvalue weighted by atomic mass is 10.1. The number of carbonyl (C=O) groups excluding carboxylic acids is 1. The van der Waals surface area contributed by atoms with Gasteiger partial charge in [0.05, 0.1) is 6.54 Å². The highest BCUT2D eigenvalue weighted by Crippen LogP contribution is 2.23. The molecule has 0 fully saturated rings. The molecule has 2 aromatic carbocycles. The second kappa shape index (κ2) is 8.53. The Morgan fingerprint density at radius 3 is 2.50 bits per heavy atom. The molecule has 0 saturated heterocycles. The van der Waals surface area contributed by atoms with Crippen LogP contribution < -0.4 is 10.1 Å². The summed E-state index contributed by atoms with van der Waals surface area (Å²) in [6.45, 7) is 2.80. The van der Waals surface area contributed by atoms with Crippen molar-refractivity contribution in [3.05, 3.63) is 59.7 Å². The smallest absolute Gasteiger partial charge is 0.276 e. The Morgan fingerprint density at radius 2 is 1.85 bits per heavy atom. The molecule has 0 aliphatic heterocycles. The highest BCUT2D eigenvalue weighted by Gasteiger charge is 2.08. The van der Waals surface area contributed by atoms with Crippen molar-refractivity contribution < 1.29 is 13.9 Å². The minimum absolute atomic E-state index is 0.107. The number of nitrogens with one attached hydrogen (secondary N) is 1. The van der Waals surface area contributed by atoms with E-state index in [0.29, 0.717) is 35.6 Å². The maximum Gasteiger partial charge on any atom is 0.276 e. The first-order valence-corrected chi connectivity index (χ1v) is 9.34. The van der Waals surface area contributed by atoms with E-state index in [-0.39, 0.29) is 5.91 Å². The molecule has 0 atom stereocenters. The van der Waals surface area contributed by atoms with Crippen molar-refractivity contribution in [1.82, 2.24) is 15.5 Å². The molecule has 0 bridgehead atoms. The predicted molar refractivity (Wildman–Crippen MR) is 101 cm³/mol. The van der Waals surface area contributed by atoms with Crippen LogP contribution in [0.2, 0.25) is 0 Å². The first kappa shape index (κ1) is 18.0. The molecular weight excluding hydrogens is 350 g/mol. The van der Waals surface area contributed by atoms with Gasteiger partial charge in [0.15, 0.2) is 0 Å². The van der Waals surface area contributed by atoms with Crippen molar-refractivity contribution in [3.8, 4) is 17.2 Å². The van der Waals surface area contributed by atoms with Gasteiger partial charge in [-0.15, -0.1) is 10.2 Å². The molecule has 3 rings (SSSR count). The Hall–Kier alpha value is -2.80. The van der Waals surface area contributed by atoms with Crippen LogP contribution in [0.25, 0.3) is 11.5 Å². The molecular formula is C19H19N3O3S. The van der Waals surface area contributed by atoms with E-state index in [1.54, 1.807) is 0 Å². The van der Waals surface area contributed by atoms with Gasteiger partial charge in [0, 0.05) is 11.1 Å². The van der Waals surface area contributed by atoms with Gasteiger partial charge in [-0.3, -0.25) is 4.79 Å². The van der Waals surface area contributed by atoms with Crippen LogP contribution in [0.4, 0.5) is 0 Å². The van der Waals surface area contributed by atoms with E-state index in [0.717, 1.165) is 11.1 Å². The second-order valence-electron chi connectivity index (χ2n) is 5.57. The van der Waals surface area contributed by atoms with E-state index in [2.05, 4.69) is 15.5 Å². The molecule has 1 amide bonds. The highest BCUT2D eigenvalue weighted by molar-refractivity contribution is 7.98. The summed E-state index contributed by atoms with van der Waals surface area (Å²) in [6.07, 6.45) is 1.88. The third kappa shape index (κ3) is 4.64. The molecule has 0 aliphatic rings. The first-order chi connectivity index (χ1) is 12.7. The SMILES string of the molecule is CSc1nnc(-c2ccc(OCCNC(=O)c3ccc(C)cc3)cc2)o1. The molecule has 1 aromatic heterocycles. The topological polar surface area (TPSA) is 77.3 Å². The minimum Gasteiger partial charge on any atom is -0.492 e. The fourth-order valence-corrected chi connectivity index (χ4v) is 2.53. The molecule has 0 aliphatic carbocycles. The van der Waals surface area contributed by atoms with Crippen LogP contribution in [0.1, 0.15) is 15.9 Å². The monoisotopic (exact) mass is 369 g/mol. The molecule has 26 heavy (non-hydrogen) atoms. The Labute approximate surface area is 156 Å². The quantitative estimate of drug-likeness (QED) is 0.507. The molecule has 0 unspecified atom stereocenters. The van der Waals surface area contributed by atoms with Gasteiger partial charge in [-0.1, -0.05) is 29.5 Å². The highest BCUT2D eigenvalue weighted by atomic mass is 32.2. The Morgan fingerprint density at radius 1 is 1.12 bits per heavy atom. The van der Waals surface area contributed by atoms with E-state index < -0.39 is 0 Å². The summed E-state index contributed by atoms with van der Waals surface area (Å²) in [4.78, 5) is 12.0. The van der Waals surface area contributed by atoms with Crippen LogP contribution in [-0.4, -0.2) is 35.5 Å². The van der Waals surface area contributed by atoms with Crippen molar-refractivity contribution >= 4 is 17.7 Å². The minimum atomic E-state index is -0.107. The molecule has 7 heteroatoms. The van der Waals surface area contributed by atoms with Gasteiger partial charge in [-0.05, 0) is 49.6 Å². The average molecular weight is 369 g/mol. The molecule has 3 aromatic rings. The Bertz CT molecular complexity index is 860. The number of nitrogens with zero attached hydrogens (tertiary/aromatic N) is 2. The van der Waals surface area contributed by atoms with Crippen LogP contribution in [0, 0.1) is 6.92 Å². The number of carbonyl (C=O) groups is 1. The standard InChI is InChI=1S/C19H19N3O3S/c1-13-3-5-14(6-4-13)17(23)20-11-12-24-16-9-7-15(8-10-16)18-21-22-19(25-18)26-2/h3-10H,11-12H2,1-2H3,(H,20,23). The number of aryl methyl sites for hydroxylation is 1. The van der Waals surface area contributed by atoms with Gasteiger partial charge >= 0.3 is 0 Å². The van der Waals surface area contributed by atoms with Crippen LogP contribution in [-0.2, 0) is 0 Å². The summed E-state index contributed by atoms with van der Waals surface area (Å²) in [5.41, 5.74) is 2.60. The molecule has 0 spiro atoms. The van der Waals surface area contributed by atoms with Crippen molar-refractivity contribution in [2.75, 3.05) is 19.4 Å². The van der Waals surface area contributed by atoms with Gasteiger partial charge in [-0.25, -0.2) is 0 Å². The van der Waals surface area contributed by atoms with Gasteiger partial charge in [0.25, 0.3) is 11.1 Å². The molecule has 0 saturated carbocycles. The third-order valence-electron chi connectivity index (χ3n) is 3.65. The van der Waals surface area contributed by atoms with Gasteiger partial charge in [0.2, 0.25) is 5.89 Å². The van der Waals surface area contributed by atoms with E-state index >= 15 is 0 Å².